The standard InChI is InChI=1S/C21H19N3O/c1-24(2)19-9-7-17(8-10-19)21(18(14-22)15-23)13-6-16-4-11-20(25-3)12-5-16/h4-13H,1-3H3/b13-6+. The molecule has 0 aromatic heterocycles. The highest BCUT2D eigenvalue weighted by Crippen LogP contribution is 2.24. The van der Waals surface area contributed by atoms with Crippen molar-refractivity contribution in [1.82, 2.24) is 0 Å². The van der Waals surface area contributed by atoms with Gasteiger partial charge < -0.3 is 9.64 Å². The first kappa shape index (κ1) is 17.8. The van der Waals surface area contributed by atoms with Crippen molar-refractivity contribution in [3.63, 3.8) is 0 Å². The summed E-state index contributed by atoms with van der Waals surface area (Å²) < 4.78 is 5.14. The van der Waals surface area contributed by atoms with Crippen molar-refractivity contribution in [2.24, 2.45) is 0 Å². The third-order valence-corrected chi connectivity index (χ3v) is 3.75. The number of ether oxygens (including phenoxy) is 1. The molecule has 0 bridgehead atoms. The van der Waals surface area contributed by atoms with Crippen molar-refractivity contribution in [2.45, 2.75) is 0 Å². The van der Waals surface area contributed by atoms with E-state index in [9.17, 15) is 10.5 Å². The Hall–Kier alpha value is -3.50. The first-order chi connectivity index (χ1) is 12.1. The molecule has 0 heterocycles. The Morgan fingerprint density at radius 1 is 0.960 bits per heavy atom. The molecule has 25 heavy (non-hydrogen) atoms. The van der Waals surface area contributed by atoms with Crippen molar-refractivity contribution in [1.29, 1.82) is 10.5 Å². The predicted molar refractivity (Wildman–Crippen MR) is 101 cm³/mol. The van der Waals surface area contributed by atoms with Crippen LogP contribution >= 0.6 is 0 Å². The summed E-state index contributed by atoms with van der Waals surface area (Å²) in [6.45, 7) is 0. The molecule has 0 fully saturated rings. The maximum atomic E-state index is 9.28. The average molecular weight is 329 g/mol. The van der Waals surface area contributed by atoms with Crippen molar-refractivity contribution in [2.75, 3.05) is 26.1 Å². The molecular weight excluding hydrogens is 310 g/mol. The van der Waals surface area contributed by atoms with Gasteiger partial charge in [0.1, 0.15) is 23.5 Å². The van der Waals surface area contributed by atoms with Crippen molar-refractivity contribution in [3.8, 4) is 17.9 Å². The van der Waals surface area contributed by atoms with E-state index < -0.39 is 0 Å². The van der Waals surface area contributed by atoms with Gasteiger partial charge in [-0.3, -0.25) is 0 Å². The smallest absolute Gasteiger partial charge is 0.137 e. The van der Waals surface area contributed by atoms with E-state index in [1.54, 1.807) is 13.2 Å². The Labute approximate surface area is 148 Å². The fourth-order valence-corrected chi connectivity index (χ4v) is 2.30. The van der Waals surface area contributed by atoms with Crippen LogP contribution in [-0.2, 0) is 0 Å². The molecule has 0 saturated heterocycles. The van der Waals surface area contributed by atoms with Crippen LogP contribution < -0.4 is 9.64 Å². The number of nitriles is 2. The second kappa shape index (κ2) is 8.38. The summed E-state index contributed by atoms with van der Waals surface area (Å²) in [5, 5.41) is 18.6. The summed E-state index contributed by atoms with van der Waals surface area (Å²) in [7, 11) is 5.55. The molecule has 0 radical (unpaired) electrons. The van der Waals surface area contributed by atoms with Gasteiger partial charge in [-0.15, -0.1) is 0 Å². The second-order valence-electron chi connectivity index (χ2n) is 5.56. The van der Waals surface area contributed by atoms with Crippen molar-refractivity contribution in [3.05, 3.63) is 71.3 Å². The zero-order valence-corrected chi connectivity index (χ0v) is 14.5. The summed E-state index contributed by atoms with van der Waals surface area (Å²) in [6.07, 6.45) is 3.68. The number of hydrogen-bond acceptors (Lipinski definition) is 4. The van der Waals surface area contributed by atoms with Crippen LogP contribution in [0.15, 0.2) is 60.2 Å². The van der Waals surface area contributed by atoms with Crippen molar-refractivity contribution < 1.29 is 4.74 Å². The summed E-state index contributed by atoms with van der Waals surface area (Å²) in [5.41, 5.74) is 3.53. The Morgan fingerprint density at radius 3 is 2.04 bits per heavy atom. The number of benzene rings is 2. The average Bonchev–Trinajstić information content (AvgIpc) is 2.65. The zero-order chi connectivity index (χ0) is 18.2. The SMILES string of the molecule is COc1ccc(/C=C/C(=C(C#N)C#N)c2ccc(N(C)C)cc2)cc1. The number of methoxy groups -OCH3 is 1. The third-order valence-electron chi connectivity index (χ3n) is 3.75. The Balaban J connectivity index is 2.40. The van der Waals surface area contributed by atoms with Gasteiger partial charge in [0.05, 0.1) is 7.11 Å². The van der Waals surface area contributed by atoms with Crippen LogP contribution in [-0.4, -0.2) is 21.2 Å². The van der Waals surface area contributed by atoms with E-state index in [2.05, 4.69) is 0 Å². The summed E-state index contributed by atoms with van der Waals surface area (Å²) in [6, 6.07) is 19.3. The molecule has 0 spiro atoms. The van der Waals surface area contributed by atoms with Crippen molar-refractivity contribution >= 4 is 17.3 Å². The lowest BCUT2D eigenvalue weighted by Gasteiger charge is -2.13. The highest BCUT2D eigenvalue weighted by molar-refractivity contribution is 5.85. The third kappa shape index (κ3) is 4.50. The molecule has 4 heteroatoms. The maximum absolute atomic E-state index is 9.28. The Bertz CT molecular complexity index is 845. The minimum Gasteiger partial charge on any atom is -0.497 e. The first-order valence-electron chi connectivity index (χ1n) is 7.73. The van der Waals surface area contributed by atoms with E-state index >= 15 is 0 Å². The largest absolute Gasteiger partial charge is 0.497 e. The molecule has 2 aromatic rings. The molecule has 2 aromatic carbocycles. The highest BCUT2D eigenvalue weighted by Gasteiger charge is 2.07. The molecule has 0 unspecified atom stereocenters. The van der Waals surface area contributed by atoms with E-state index in [1.165, 1.54) is 0 Å². The van der Waals surface area contributed by atoms with E-state index in [0.29, 0.717) is 5.57 Å². The molecule has 2 rings (SSSR count). The molecule has 0 saturated carbocycles. The molecule has 0 atom stereocenters. The molecule has 0 aliphatic heterocycles. The van der Waals surface area contributed by atoms with E-state index in [4.69, 9.17) is 4.74 Å². The first-order valence-corrected chi connectivity index (χ1v) is 7.73. The van der Waals surface area contributed by atoms with E-state index in [1.807, 2.05) is 85.7 Å². The van der Waals surface area contributed by atoms with Gasteiger partial charge in [-0.05, 0) is 35.4 Å². The lowest BCUT2D eigenvalue weighted by atomic mass is 9.99. The minimum atomic E-state index is 0.0855. The van der Waals surface area contributed by atoms with Crippen LogP contribution in [0.25, 0.3) is 11.6 Å². The lowest BCUT2D eigenvalue weighted by Crippen LogP contribution is -2.08. The second-order valence-corrected chi connectivity index (χ2v) is 5.56. The monoisotopic (exact) mass is 329 g/mol. The molecule has 0 N–H and O–H groups in total. The Kier molecular flexibility index (Phi) is 5.98. The fraction of sp³-hybridized carbons (Fsp3) is 0.143. The molecule has 0 aliphatic rings. The molecule has 0 aliphatic carbocycles. The van der Waals surface area contributed by atoms with Crippen LogP contribution in [0.1, 0.15) is 11.1 Å². The number of nitrogens with zero attached hydrogens (tertiary/aromatic N) is 3. The summed E-state index contributed by atoms with van der Waals surface area (Å²) >= 11 is 0. The minimum absolute atomic E-state index is 0.0855. The molecule has 0 amide bonds. The topological polar surface area (TPSA) is 60.0 Å². The predicted octanol–water partition coefficient (Wildman–Crippen LogP) is 4.28. The van der Waals surface area contributed by atoms with E-state index in [-0.39, 0.29) is 5.57 Å². The fourth-order valence-electron chi connectivity index (χ4n) is 2.30. The van der Waals surface area contributed by atoms with Gasteiger partial charge in [0.2, 0.25) is 0 Å². The van der Waals surface area contributed by atoms with Gasteiger partial charge in [0.25, 0.3) is 0 Å². The van der Waals surface area contributed by atoms with Gasteiger partial charge in [-0.2, -0.15) is 10.5 Å². The number of rotatable bonds is 5. The Morgan fingerprint density at radius 2 is 1.56 bits per heavy atom. The van der Waals surface area contributed by atoms with Gasteiger partial charge in [-0.1, -0.05) is 36.4 Å². The summed E-state index contributed by atoms with van der Waals surface area (Å²) in [4.78, 5) is 2.00. The van der Waals surface area contributed by atoms with Crippen LogP contribution in [0.4, 0.5) is 5.69 Å². The van der Waals surface area contributed by atoms with Gasteiger partial charge in [0, 0.05) is 25.4 Å². The van der Waals surface area contributed by atoms with Crippen LogP contribution in [0.2, 0.25) is 0 Å². The van der Waals surface area contributed by atoms with Gasteiger partial charge >= 0.3 is 0 Å². The quantitative estimate of drug-likeness (QED) is 0.607. The van der Waals surface area contributed by atoms with E-state index in [0.717, 1.165) is 22.6 Å². The highest BCUT2D eigenvalue weighted by atomic mass is 16.5. The van der Waals surface area contributed by atoms with Crippen LogP contribution in [0, 0.1) is 22.7 Å². The lowest BCUT2D eigenvalue weighted by molar-refractivity contribution is 0.415. The number of hydrogen-bond donors (Lipinski definition) is 0. The van der Waals surface area contributed by atoms with Crippen LogP contribution in [0.5, 0.6) is 5.75 Å². The number of anilines is 1. The van der Waals surface area contributed by atoms with Gasteiger partial charge in [-0.25, -0.2) is 0 Å². The molecular formula is C21H19N3O. The number of allylic oxidation sites excluding steroid dienone is 3. The summed E-state index contributed by atoms with van der Waals surface area (Å²) in [5.74, 6) is 0.780. The zero-order valence-electron chi connectivity index (χ0n) is 14.5. The van der Waals surface area contributed by atoms with Crippen LogP contribution in [0.3, 0.4) is 0 Å². The normalized spacial score (nSPS) is 9.96. The maximum Gasteiger partial charge on any atom is 0.137 e. The molecule has 4 nitrogen and oxygen atoms in total. The van der Waals surface area contributed by atoms with Gasteiger partial charge in [0.15, 0.2) is 0 Å². The molecule has 124 valence electrons.